The van der Waals surface area contributed by atoms with Gasteiger partial charge < -0.3 is 20.1 Å². The van der Waals surface area contributed by atoms with E-state index in [1.165, 1.54) is 5.56 Å². The van der Waals surface area contributed by atoms with E-state index in [4.69, 9.17) is 4.74 Å². The van der Waals surface area contributed by atoms with Crippen LogP contribution in [0.1, 0.15) is 25.0 Å². The van der Waals surface area contributed by atoms with Crippen molar-refractivity contribution < 1.29 is 9.84 Å². The lowest BCUT2D eigenvalue weighted by molar-refractivity contribution is 0.0998. The molecule has 0 spiro atoms. The first-order valence-corrected chi connectivity index (χ1v) is 7.48. The molecule has 0 fully saturated rings. The third-order valence-electron chi connectivity index (χ3n) is 3.91. The van der Waals surface area contributed by atoms with Crippen molar-refractivity contribution in [1.29, 1.82) is 0 Å². The van der Waals surface area contributed by atoms with Crippen molar-refractivity contribution in [3.8, 4) is 5.75 Å². The van der Waals surface area contributed by atoms with E-state index in [0.29, 0.717) is 13.2 Å². The molecule has 0 aromatic heterocycles. The zero-order valence-corrected chi connectivity index (χ0v) is 14.2. The SMILES string of the molecule is Cc1ccc(OCC(O)CNCC(C)(C)N(C)C)c(C)c1. The molecule has 0 saturated carbocycles. The molecule has 21 heavy (non-hydrogen) atoms. The lowest BCUT2D eigenvalue weighted by Crippen LogP contribution is -2.48. The van der Waals surface area contributed by atoms with Gasteiger partial charge in [-0.2, -0.15) is 0 Å². The van der Waals surface area contributed by atoms with Gasteiger partial charge in [0.2, 0.25) is 0 Å². The minimum atomic E-state index is -0.510. The molecule has 0 aliphatic rings. The standard InChI is InChI=1S/C17H30N2O2/c1-13-7-8-16(14(2)9-13)21-11-15(20)10-18-12-17(3,4)19(5)6/h7-9,15,18,20H,10-12H2,1-6H3. The molecule has 2 N–H and O–H groups in total. The predicted molar refractivity (Wildman–Crippen MR) is 88.1 cm³/mol. The number of nitrogens with one attached hydrogen (secondary N) is 1. The Labute approximate surface area is 129 Å². The van der Waals surface area contributed by atoms with Gasteiger partial charge in [-0.1, -0.05) is 17.7 Å². The molecule has 1 rings (SSSR count). The molecular weight excluding hydrogens is 264 g/mol. The quantitative estimate of drug-likeness (QED) is 0.769. The molecule has 0 heterocycles. The van der Waals surface area contributed by atoms with Gasteiger partial charge in [0.05, 0.1) is 0 Å². The normalized spacial score (nSPS) is 13.5. The summed E-state index contributed by atoms with van der Waals surface area (Å²) in [5, 5.41) is 13.3. The largest absolute Gasteiger partial charge is 0.491 e. The Bertz CT molecular complexity index is 444. The number of benzene rings is 1. The van der Waals surface area contributed by atoms with E-state index in [-0.39, 0.29) is 5.54 Å². The van der Waals surface area contributed by atoms with Gasteiger partial charge in [0.1, 0.15) is 18.5 Å². The Morgan fingerprint density at radius 2 is 1.95 bits per heavy atom. The molecule has 0 radical (unpaired) electrons. The molecule has 0 amide bonds. The molecule has 0 saturated heterocycles. The van der Waals surface area contributed by atoms with Crippen LogP contribution in [0.15, 0.2) is 18.2 Å². The Hall–Kier alpha value is -1.10. The molecule has 120 valence electrons. The van der Waals surface area contributed by atoms with Crippen LogP contribution in [0.4, 0.5) is 0 Å². The summed E-state index contributed by atoms with van der Waals surface area (Å²) in [5.74, 6) is 0.841. The van der Waals surface area contributed by atoms with Crippen LogP contribution in [0.3, 0.4) is 0 Å². The number of aliphatic hydroxyl groups is 1. The van der Waals surface area contributed by atoms with Crippen molar-refractivity contribution in [2.45, 2.75) is 39.3 Å². The first-order chi connectivity index (χ1) is 9.72. The number of hydrogen-bond acceptors (Lipinski definition) is 4. The molecular formula is C17H30N2O2. The van der Waals surface area contributed by atoms with Gasteiger partial charge in [-0.25, -0.2) is 0 Å². The van der Waals surface area contributed by atoms with Crippen molar-refractivity contribution in [1.82, 2.24) is 10.2 Å². The molecule has 1 aromatic carbocycles. The third kappa shape index (κ3) is 6.04. The van der Waals surface area contributed by atoms with Gasteiger partial charge in [-0.05, 0) is 53.4 Å². The molecule has 1 atom stereocenters. The fourth-order valence-corrected chi connectivity index (χ4v) is 1.91. The second-order valence-corrected chi connectivity index (χ2v) is 6.57. The number of aryl methyl sites for hydroxylation is 2. The van der Waals surface area contributed by atoms with Crippen LogP contribution in [0.5, 0.6) is 5.75 Å². The van der Waals surface area contributed by atoms with Crippen LogP contribution in [-0.2, 0) is 0 Å². The van der Waals surface area contributed by atoms with E-state index < -0.39 is 6.10 Å². The summed E-state index contributed by atoms with van der Waals surface area (Å²) in [7, 11) is 4.11. The summed E-state index contributed by atoms with van der Waals surface area (Å²) in [6, 6.07) is 6.06. The van der Waals surface area contributed by atoms with Gasteiger partial charge in [0, 0.05) is 18.6 Å². The molecule has 0 aliphatic carbocycles. The van der Waals surface area contributed by atoms with Crippen LogP contribution in [0, 0.1) is 13.8 Å². The summed E-state index contributed by atoms with van der Waals surface area (Å²) >= 11 is 0. The zero-order chi connectivity index (χ0) is 16.0. The molecule has 1 unspecified atom stereocenters. The van der Waals surface area contributed by atoms with E-state index in [0.717, 1.165) is 17.9 Å². The molecule has 0 aliphatic heterocycles. The summed E-state index contributed by atoms with van der Waals surface area (Å²) in [4.78, 5) is 2.17. The van der Waals surface area contributed by atoms with Gasteiger partial charge >= 0.3 is 0 Å². The fourth-order valence-electron chi connectivity index (χ4n) is 1.91. The topological polar surface area (TPSA) is 44.7 Å². The van der Waals surface area contributed by atoms with Crippen LogP contribution in [0.25, 0.3) is 0 Å². The Balaban J connectivity index is 2.33. The van der Waals surface area contributed by atoms with Crippen molar-refractivity contribution in [2.75, 3.05) is 33.8 Å². The highest BCUT2D eigenvalue weighted by molar-refractivity contribution is 5.35. The summed E-state index contributed by atoms with van der Waals surface area (Å²) in [5.41, 5.74) is 2.38. The number of nitrogens with zero attached hydrogens (tertiary/aromatic N) is 1. The zero-order valence-electron chi connectivity index (χ0n) is 14.2. The second-order valence-electron chi connectivity index (χ2n) is 6.57. The molecule has 1 aromatic rings. The highest BCUT2D eigenvalue weighted by Crippen LogP contribution is 2.18. The summed E-state index contributed by atoms with van der Waals surface area (Å²) < 4.78 is 5.68. The van der Waals surface area contributed by atoms with E-state index >= 15 is 0 Å². The van der Waals surface area contributed by atoms with Gasteiger partial charge in [-0.3, -0.25) is 0 Å². The van der Waals surface area contributed by atoms with Crippen molar-refractivity contribution in [3.05, 3.63) is 29.3 Å². The maximum atomic E-state index is 9.99. The number of ether oxygens (including phenoxy) is 1. The Morgan fingerprint density at radius 1 is 1.29 bits per heavy atom. The summed E-state index contributed by atoms with van der Waals surface area (Å²) in [6.45, 7) is 10.1. The van der Waals surface area contributed by atoms with E-state index in [1.807, 2.05) is 19.1 Å². The molecule has 0 bridgehead atoms. The Morgan fingerprint density at radius 3 is 2.52 bits per heavy atom. The van der Waals surface area contributed by atoms with E-state index in [9.17, 15) is 5.11 Å². The van der Waals surface area contributed by atoms with Crippen LogP contribution < -0.4 is 10.1 Å². The van der Waals surface area contributed by atoms with Crippen LogP contribution in [0.2, 0.25) is 0 Å². The minimum absolute atomic E-state index is 0.0636. The third-order valence-corrected chi connectivity index (χ3v) is 3.91. The maximum Gasteiger partial charge on any atom is 0.122 e. The van der Waals surface area contributed by atoms with Gasteiger partial charge in [0.25, 0.3) is 0 Å². The number of rotatable bonds is 8. The van der Waals surface area contributed by atoms with E-state index in [2.05, 4.69) is 51.1 Å². The molecule has 4 heteroatoms. The lowest BCUT2D eigenvalue weighted by atomic mass is 10.0. The highest BCUT2D eigenvalue weighted by Gasteiger charge is 2.20. The van der Waals surface area contributed by atoms with Crippen LogP contribution in [-0.4, -0.2) is 55.4 Å². The smallest absolute Gasteiger partial charge is 0.122 e. The van der Waals surface area contributed by atoms with Gasteiger partial charge in [-0.15, -0.1) is 0 Å². The Kier molecular flexibility index (Phi) is 6.65. The van der Waals surface area contributed by atoms with Crippen LogP contribution >= 0.6 is 0 Å². The van der Waals surface area contributed by atoms with Crippen molar-refractivity contribution in [3.63, 3.8) is 0 Å². The minimum Gasteiger partial charge on any atom is -0.491 e. The second kappa shape index (κ2) is 7.78. The maximum absolute atomic E-state index is 9.99. The van der Waals surface area contributed by atoms with Crippen molar-refractivity contribution in [2.24, 2.45) is 0 Å². The summed E-state index contributed by atoms with van der Waals surface area (Å²) in [6.07, 6.45) is -0.510. The van der Waals surface area contributed by atoms with Gasteiger partial charge in [0.15, 0.2) is 0 Å². The van der Waals surface area contributed by atoms with E-state index in [1.54, 1.807) is 0 Å². The molecule has 4 nitrogen and oxygen atoms in total. The number of likely N-dealkylation sites (N-methyl/N-ethyl adjacent to an activating group) is 1. The average molecular weight is 294 g/mol. The highest BCUT2D eigenvalue weighted by atomic mass is 16.5. The predicted octanol–water partition coefficient (Wildman–Crippen LogP) is 1.97. The number of aliphatic hydroxyl groups excluding tert-OH is 1. The average Bonchev–Trinajstić information content (AvgIpc) is 2.37. The lowest BCUT2D eigenvalue weighted by Gasteiger charge is -2.33. The first-order valence-electron chi connectivity index (χ1n) is 7.48. The fraction of sp³-hybridized carbons (Fsp3) is 0.647. The van der Waals surface area contributed by atoms with Crippen molar-refractivity contribution >= 4 is 0 Å². The number of hydrogen-bond donors (Lipinski definition) is 2. The first kappa shape index (κ1) is 18.0. The monoisotopic (exact) mass is 294 g/mol.